The van der Waals surface area contributed by atoms with Crippen molar-refractivity contribution in [2.75, 3.05) is 0 Å². The van der Waals surface area contributed by atoms with Crippen LogP contribution >= 0.6 is 0 Å². The Morgan fingerprint density at radius 3 is 2.00 bits per heavy atom. The average molecular weight is 540 g/mol. The molecule has 0 amide bonds. The minimum absolute atomic E-state index is 0.0687. The zero-order chi connectivity index (χ0) is 28.3. The molecule has 0 spiro atoms. The van der Waals surface area contributed by atoms with Gasteiger partial charge in [-0.1, -0.05) is 117 Å². The summed E-state index contributed by atoms with van der Waals surface area (Å²) >= 11 is 0. The summed E-state index contributed by atoms with van der Waals surface area (Å²) in [4.78, 5) is 4.58. The van der Waals surface area contributed by atoms with Crippen LogP contribution in [0.3, 0.4) is 0 Å². The van der Waals surface area contributed by atoms with Gasteiger partial charge in [-0.3, -0.25) is 4.98 Å². The van der Waals surface area contributed by atoms with E-state index in [0.29, 0.717) is 0 Å². The minimum atomic E-state index is -0.0687. The van der Waals surface area contributed by atoms with Crippen molar-refractivity contribution in [2.45, 2.75) is 19.3 Å². The fraction of sp³-hybridized carbons (Fsp3) is 0.0750. The SMILES string of the molecule is CC1(C)c2ccccc2-c2ccc(-c3c4ccccc4c(Oc4ccc(-c5ccccc5)cc4)c4ccncc34)cc21. The van der Waals surface area contributed by atoms with Crippen LogP contribution in [-0.2, 0) is 5.41 Å². The number of pyridine rings is 1. The topological polar surface area (TPSA) is 22.1 Å². The minimum Gasteiger partial charge on any atom is -0.456 e. The molecule has 1 heterocycles. The van der Waals surface area contributed by atoms with E-state index in [1.807, 2.05) is 18.5 Å². The fourth-order valence-electron chi connectivity index (χ4n) is 6.73. The van der Waals surface area contributed by atoms with E-state index in [1.54, 1.807) is 0 Å². The quantitative estimate of drug-likeness (QED) is 0.208. The third kappa shape index (κ3) is 3.76. The zero-order valence-corrected chi connectivity index (χ0v) is 23.6. The third-order valence-electron chi connectivity index (χ3n) is 8.83. The Labute approximate surface area is 245 Å². The lowest BCUT2D eigenvalue weighted by Crippen LogP contribution is -2.14. The lowest BCUT2D eigenvalue weighted by molar-refractivity contribution is 0.494. The molecule has 200 valence electrons. The molecule has 0 fully saturated rings. The van der Waals surface area contributed by atoms with Crippen molar-refractivity contribution in [1.29, 1.82) is 0 Å². The highest BCUT2D eigenvalue weighted by atomic mass is 16.5. The summed E-state index contributed by atoms with van der Waals surface area (Å²) < 4.78 is 6.71. The Kier molecular flexibility index (Phi) is 5.52. The molecule has 8 rings (SSSR count). The van der Waals surface area contributed by atoms with Crippen molar-refractivity contribution < 1.29 is 4.74 Å². The predicted octanol–water partition coefficient (Wildman–Crippen LogP) is 10.8. The highest BCUT2D eigenvalue weighted by molar-refractivity contribution is 6.17. The smallest absolute Gasteiger partial charge is 0.143 e. The van der Waals surface area contributed by atoms with E-state index >= 15 is 0 Å². The van der Waals surface area contributed by atoms with Gasteiger partial charge in [-0.2, -0.15) is 0 Å². The van der Waals surface area contributed by atoms with E-state index in [-0.39, 0.29) is 5.41 Å². The molecule has 0 N–H and O–H groups in total. The Morgan fingerprint density at radius 2 is 1.17 bits per heavy atom. The van der Waals surface area contributed by atoms with Gasteiger partial charge in [0.1, 0.15) is 11.5 Å². The monoisotopic (exact) mass is 539 g/mol. The maximum Gasteiger partial charge on any atom is 0.143 e. The maximum absolute atomic E-state index is 6.71. The number of nitrogens with zero attached hydrogens (tertiary/aromatic N) is 1. The number of aromatic nitrogens is 1. The van der Waals surface area contributed by atoms with Gasteiger partial charge in [0.25, 0.3) is 0 Å². The average Bonchev–Trinajstić information content (AvgIpc) is 3.27. The summed E-state index contributed by atoms with van der Waals surface area (Å²) in [5, 5.41) is 4.37. The zero-order valence-electron chi connectivity index (χ0n) is 23.6. The molecule has 2 nitrogen and oxygen atoms in total. The van der Waals surface area contributed by atoms with Crippen LogP contribution in [0.4, 0.5) is 0 Å². The standard InChI is InChI=1S/C40H29NO/c1-40(2)36-15-9-8-12-30(36)31-21-18-28(24-37(31)40)38-32-13-6-7-14-33(32)39(34-22-23-41-25-35(34)38)42-29-19-16-27(17-20-29)26-10-4-3-5-11-26/h3-25H,1-2H3. The van der Waals surface area contributed by atoms with E-state index in [9.17, 15) is 0 Å². The number of rotatable bonds is 4. The molecule has 42 heavy (non-hydrogen) atoms. The van der Waals surface area contributed by atoms with Crippen LogP contribution in [0.2, 0.25) is 0 Å². The lowest BCUT2D eigenvalue weighted by Gasteiger charge is -2.23. The fourth-order valence-corrected chi connectivity index (χ4v) is 6.73. The van der Waals surface area contributed by atoms with Crippen molar-refractivity contribution in [3.63, 3.8) is 0 Å². The summed E-state index contributed by atoms with van der Waals surface area (Å²) in [5.74, 6) is 1.66. The van der Waals surface area contributed by atoms with E-state index in [1.165, 1.54) is 44.5 Å². The summed E-state index contributed by atoms with van der Waals surface area (Å²) in [6, 6.07) is 45.2. The van der Waals surface area contributed by atoms with Crippen LogP contribution in [-0.4, -0.2) is 4.98 Å². The van der Waals surface area contributed by atoms with Gasteiger partial charge in [-0.25, -0.2) is 0 Å². The number of hydrogen-bond donors (Lipinski definition) is 0. The number of ether oxygens (including phenoxy) is 1. The molecule has 7 aromatic rings. The molecule has 1 aromatic heterocycles. The molecule has 0 unspecified atom stereocenters. The van der Waals surface area contributed by atoms with Gasteiger partial charge in [-0.15, -0.1) is 0 Å². The molecule has 0 aliphatic heterocycles. The van der Waals surface area contributed by atoms with Crippen LogP contribution in [0.5, 0.6) is 11.5 Å². The van der Waals surface area contributed by atoms with Gasteiger partial charge >= 0.3 is 0 Å². The van der Waals surface area contributed by atoms with Gasteiger partial charge in [0.15, 0.2) is 0 Å². The highest BCUT2D eigenvalue weighted by Gasteiger charge is 2.35. The lowest BCUT2D eigenvalue weighted by atomic mass is 9.81. The summed E-state index contributed by atoms with van der Waals surface area (Å²) in [5.41, 5.74) is 10.1. The van der Waals surface area contributed by atoms with Crippen LogP contribution in [0.1, 0.15) is 25.0 Å². The van der Waals surface area contributed by atoms with Crippen LogP contribution in [0.15, 0.2) is 140 Å². The molecule has 0 saturated carbocycles. The van der Waals surface area contributed by atoms with Gasteiger partial charge in [0.2, 0.25) is 0 Å². The largest absolute Gasteiger partial charge is 0.456 e. The van der Waals surface area contributed by atoms with Crippen molar-refractivity contribution in [3.05, 3.63) is 151 Å². The Balaban J connectivity index is 1.29. The summed E-state index contributed by atoms with van der Waals surface area (Å²) in [6.45, 7) is 4.67. The van der Waals surface area contributed by atoms with Gasteiger partial charge in [0, 0.05) is 34.0 Å². The van der Waals surface area contributed by atoms with Crippen molar-refractivity contribution in [2.24, 2.45) is 0 Å². The Morgan fingerprint density at radius 1 is 0.524 bits per heavy atom. The molecular formula is C40H29NO. The first-order valence-electron chi connectivity index (χ1n) is 14.5. The highest BCUT2D eigenvalue weighted by Crippen LogP contribution is 2.51. The first kappa shape index (κ1) is 24.6. The van der Waals surface area contributed by atoms with Crippen molar-refractivity contribution >= 4 is 21.5 Å². The molecule has 1 aliphatic rings. The number of benzene rings is 6. The first-order chi connectivity index (χ1) is 20.6. The van der Waals surface area contributed by atoms with Crippen LogP contribution < -0.4 is 4.74 Å². The molecule has 0 radical (unpaired) electrons. The molecule has 2 heteroatoms. The summed E-state index contributed by atoms with van der Waals surface area (Å²) in [7, 11) is 0. The van der Waals surface area contributed by atoms with E-state index in [0.717, 1.165) is 33.0 Å². The molecule has 0 saturated heterocycles. The molecule has 6 aromatic carbocycles. The second-order valence-corrected chi connectivity index (χ2v) is 11.6. The normalized spacial score (nSPS) is 13.2. The van der Waals surface area contributed by atoms with Gasteiger partial charge < -0.3 is 4.74 Å². The third-order valence-corrected chi connectivity index (χ3v) is 8.83. The second-order valence-electron chi connectivity index (χ2n) is 11.6. The van der Waals surface area contributed by atoms with Crippen molar-refractivity contribution in [3.8, 4) is 44.9 Å². The molecule has 0 atom stereocenters. The molecular weight excluding hydrogens is 510 g/mol. The van der Waals surface area contributed by atoms with E-state index < -0.39 is 0 Å². The van der Waals surface area contributed by atoms with Crippen LogP contribution in [0.25, 0.3) is 54.9 Å². The number of hydrogen-bond acceptors (Lipinski definition) is 2. The van der Waals surface area contributed by atoms with Crippen LogP contribution in [0, 0.1) is 0 Å². The molecule has 1 aliphatic carbocycles. The van der Waals surface area contributed by atoms with Gasteiger partial charge in [0.05, 0.1) is 0 Å². The summed E-state index contributed by atoms with van der Waals surface area (Å²) in [6.07, 6.45) is 3.84. The predicted molar refractivity (Wildman–Crippen MR) is 174 cm³/mol. The Bertz CT molecular complexity index is 2070. The maximum atomic E-state index is 6.71. The first-order valence-corrected chi connectivity index (χ1v) is 14.5. The second kappa shape index (κ2) is 9.43. The van der Waals surface area contributed by atoms with E-state index in [4.69, 9.17) is 4.74 Å². The number of fused-ring (bicyclic) bond motifs is 5. The van der Waals surface area contributed by atoms with Crippen molar-refractivity contribution in [1.82, 2.24) is 4.98 Å². The molecule has 0 bridgehead atoms. The Hall–Kier alpha value is -5.21. The van der Waals surface area contributed by atoms with E-state index in [2.05, 4.69) is 140 Å². The van der Waals surface area contributed by atoms with Gasteiger partial charge in [-0.05, 0) is 74.2 Å².